The molecule has 3 aromatic rings. The monoisotopic (exact) mass is 621 g/mol. The molecule has 5 aliphatic rings. The minimum Gasteiger partial charge on any atom is -0.484 e. The first-order valence-corrected chi connectivity index (χ1v) is 16.2. The van der Waals surface area contributed by atoms with E-state index in [9.17, 15) is 23.6 Å². The van der Waals surface area contributed by atoms with Gasteiger partial charge in [0.15, 0.2) is 6.61 Å². The number of nitrogens with zero attached hydrogens (tertiary/aromatic N) is 2. The Kier molecular flexibility index (Phi) is 6.50. The van der Waals surface area contributed by atoms with Crippen LogP contribution in [0.25, 0.3) is 0 Å². The Hall–Kier alpha value is -3.48. The molecule has 0 radical (unpaired) electrons. The van der Waals surface area contributed by atoms with Crippen LogP contribution in [0.15, 0.2) is 58.4 Å². The molecule has 4 fully saturated rings. The van der Waals surface area contributed by atoms with Crippen molar-refractivity contribution in [3.8, 4) is 5.75 Å². The standard InChI is InChI=1S/C31H28FN3O6S2/c32-16-4-6-17(7-5-16)35-29(37)24-19-13-20(25(24)30(35)38)26-23(19)22(27-28(42-26)33-31(39)43-27)15-2-1-3-18(12-15)41-14-21(36)34-8-10-40-11-9-34/h1-7,12,19-20,22-26H,8-11,13-14H2,(H,33,39)/t19-,20-,22-,23?,24?,25?,26?/m1/s1. The molecule has 8 rings (SSSR count). The van der Waals surface area contributed by atoms with Crippen LogP contribution in [0.2, 0.25) is 0 Å². The summed E-state index contributed by atoms with van der Waals surface area (Å²) in [5.41, 5.74) is 1.36. The van der Waals surface area contributed by atoms with Gasteiger partial charge in [-0.15, -0.1) is 11.8 Å². The van der Waals surface area contributed by atoms with Crippen molar-refractivity contribution in [2.45, 2.75) is 22.6 Å². The van der Waals surface area contributed by atoms with E-state index in [0.29, 0.717) is 37.7 Å². The number of imide groups is 1. The summed E-state index contributed by atoms with van der Waals surface area (Å²) in [6.07, 6.45) is 0.770. The lowest BCUT2D eigenvalue weighted by Gasteiger charge is -2.43. The minimum absolute atomic E-state index is 0.0171. The molecule has 4 heterocycles. The lowest BCUT2D eigenvalue weighted by Crippen LogP contribution is -2.43. The number of benzene rings is 2. The van der Waals surface area contributed by atoms with Gasteiger partial charge < -0.3 is 19.4 Å². The molecule has 2 aliphatic carbocycles. The van der Waals surface area contributed by atoms with Gasteiger partial charge in [0.1, 0.15) is 11.6 Å². The van der Waals surface area contributed by atoms with E-state index in [0.717, 1.165) is 21.9 Å². The number of amides is 3. The van der Waals surface area contributed by atoms with Crippen LogP contribution < -0.4 is 14.5 Å². The predicted octanol–water partition coefficient (Wildman–Crippen LogP) is 3.49. The van der Waals surface area contributed by atoms with E-state index in [-0.39, 0.29) is 58.1 Å². The number of ether oxygens (including phenoxy) is 2. The quantitative estimate of drug-likeness (QED) is 0.435. The fraction of sp³-hybridized carbons (Fsp3) is 0.419. The Morgan fingerprint density at radius 2 is 1.77 bits per heavy atom. The molecule has 43 heavy (non-hydrogen) atoms. The third kappa shape index (κ3) is 4.28. The first kappa shape index (κ1) is 27.1. The number of morpholine rings is 1. The normalized spacial score (nSPS) is 30.8. The third-order valence-corrected chi connectivity index (χ3v) is 12.3. The van der Waals surface area contributed by atoms with Gasteiger partial charge in [-0.1, -0.05) is 23.5 Å². The van der Waals surface area contributed by atoms with Gasteiger partial charge >= 0.3 is 4.87 Å². The number of rotatable bonds is 5. The lowest BCUT2D eigenvalue weighted by atomic mass is 9.68. The highest BCUT2D eigenvalue weighted by molar-refractivity contribution is 8.00. The molecule has 2 saturated heterocycles. The zero-order valence-electron chi connectivity index (χ0n) is 22.9. The van der Waals surface area contributed by atoms with Crippen molar-refractivity contribution in [3.05, 3.63) is 74.5 Å². The van der Waals surface area contributed by atoms with Gasteiger partial charge in [0.2, 0.25) is 11.8 Å². The van der Waals surface area contributed by atoms with Crippen molar-refractivity contribution in [2.24, 2.45) is 29.6 Å². The maximum atomic E-state index is 13.9. The van der Waals surface area contributed by atoms with Crippen molar-refractivity contribution in [1.82, 2.24) is 9.88 Å². The Balaban J connectivity index is 1.11. The molecule has 1 aromatic heterocycles. The van der Waals surface area contributed by atoms with Crippen LogP contribution in [0.1, 0.15) is 22.8 Å². The molecule has 3 amide bonds. The number of thiazole rings is 1. The van der Waals surface area contributed by atoms with Crippen LogP contribution in [0, 0.1) is 35.4 Å². The Morgan fingerprint density at radius 1 is 1.02 bits per heavy atom. The van der Waals surface area contributed by atoms with E-state index in [2.05, 4.69) is 4.98 Å². The molecule has 12 heteroatoms. The fourth-order valence-electron chi connectivity index (χ4n) is 8.08. The van der Waals surface area contributed by atoms with Gasteiger partial charge in [-0.3, -0.25) is 24.1 Å². The molecule has 2 aromatic carbocycles. The van der Waals surface area contributed by atoms with E-state index in [1.165, 1.54) is 40.5 Å². The molecule has 0 spiro atoms. The molecule has 7 atom stereocenters. The Labute approximate surface area is 254 Å². The van der Waals surface area contributed by atoms with E-state index in [1.807, 2.05) is 24.3 Å². The van der Waals surface area contributed by atoms with Gasteiger partial charge in [-0.25, -0.2) is 4.39 Å². The summed E-state index contributed by atoms with van der Waals surface area (Å²) in [5.74, 6) is -1.46. The molecule has 9 nitrogen and oxygen atoms in total. The average Bonchev–Trinajstić information content (AvgIpc) is 3.76. The summed E-state index contributed by atoms with van der Waals surface area (Å²) < 4.78 is 24.9. The van der Waals surface area contributed by atoms with Crippen molar-refractivity contribution >= 4 is 46.5 Å². The number of anilines is 1. The maximum Gasteiger partial charge on any atom is 0.305 e. The van der Waals surface area contributed by atoms with Gasteiger partial charge in [-0.05, 0) is 66.1 Å². The third-order valence-electron chi connectivity index (χ3n) is 9.75. The van der Waals surface area contributed by atoms with Gasteiger partial charge in [0.25, 0.3) is 5.91 Å². The molecule has 2 bridgehead atoms. The first-order chi connectivity index (χ1) is 20.9. The number of fused-ring (bicyclic) bond motifs is 9. The van der Waals surface area contributed by atoms with Crippen molar-refractivity contribution in [3.63, 3.8) is 0 Å². The number of H-pyrrole nitrogens is 1. The lowest BCUT2D eigenvalue weighted by molar-refractivity contribution is -0.137. The number of aromatic nitrogens is 1. The maximum absolute atomic E-state index is 13.9. The predicted molar refractivity (Wildman–Crippen MR) is 157 cm³/mol. The largest absolute Gasteiger partial charge is 0.484 e. The van der Waals surface area contributed by atoms with E-state index < -0.39 is 17.7 Å². The number of nitrogens with one attached hydrogen (secondary N) is 1. The smallest absolute Gasteiger partial charge is 0.305 e. The highest BCUT2D eigenvalue weighted by atomic mass is 32.2. The van der Waals surface area contributed by atoms with Gasteiger partial charge in [0.05, 0.1) is 35.8 Å². The van der Waals surface area contributed by atoms with E-state index in [4.69, 9.17) is 9.47 Å². The zero-order chi connectivity index (χ0) is 29.4. The van der Waals surface area contributed by atoms with Crippen molar-refractivity contribution < 1.29 is 28.2 Å². The SMILES string of the molecule is O=C(COc1cccc([C@H]2c3sc(=O)[nH]c3SC3C2[C@H]2C[C@@H]3C3C(=O)N(c4ccc(F)cc4)C(=O)C32)c1)N1CCOCC1. The number of carbonyl (C=O) groups excluding carboxylic acids is 3. The average molecular weight is 622 g/mol. The molecular formula is C31H28FN3O6S2. The summed E-state index contributed by atoms with van der Waals surface area (Å²) >= 11 is 2.82. The Morgan fingerprint density at radius 3 is 2.53 bits per heavy atom. The second-order valence-electron chi connectivity index (χ2n) is 11.8. The molecule has 4 unspecified atom stereocenters. The molecule has 2 saturated carbocycles. The number of hydrogen-bond acceptors (Lipinski definition) is 8. The Bertz CT molecular complexity index is 1680. The van der Waals surface area contributed by atoms with Crippen molar-refractivity contribution in [2.75, 3.05) is 37.8 Å². The number of carbonyl (C=O) groups is 3. The van der Waals surface area contributed by atoms with Crippen LogP contribution in [-0.2, 0) is 19.1 Å². The fourth-order valence-corrected chi connectivity index (χ4v) is 11.0. The highest BCUT2D eigenvalue weighted by Gasteiger charge is 2.69. The van der Waals surface area contributed by atoms with E-state index >= 15 is 0 Å². The summed E-state index contributed by atoms with van der Waals surface area (Å²) in [7, 11) is 0. The first-order valence-electron chi connectivity index (χ1n) is 14.5. The van der Waals surface area contributed by atoms with Crippen LogP contribution in [0.4, 0.5) is 10.1 Å². The van der Waals surface area contributed by atoms with Crippen molar-refractivity contribution in [1.29, 1.82) is 0 Å². The second-order valence-corrected chi connectivity index (χ2v) is 14.0. The molecule has 1 N–H and O–H groups in total. The number of halogens is 1. The minimum atomic E-state index is -0.449. The molecular weight excluding hydrogens is 593 g/mol. The molecule has 3 aliphatic heterocycles. The highest BCUT2D eigenvalue weighted by Crippen LogP contribution is 2.68. The topological polar surface area (TPSA) is 109 Å². The zero-order valence-corrected chi connectivity index (χ0v) is 24.6. The van der Waals surface area contributed by atoms with Gasteiger partial charge in [-0.2, -0.15) is 0 Å². The second kappa shape index (κ2) is 10.3. The van der Waals surface area contributed by atoms with Crippen LogP contribution in [0.3, 0.4) is 0 Å². The van der Waals surface area contributed by atoms with Crippen LogP contribution in [-0.4, -0.2) is 65.8 Å². The molecule has 222 valence electrons. The van der Waals surface area contributed by atoms with E-state index in [1.54, 1.807) is 16.7 Å². The van der Waals surface area contributed by atoms with Crippen LogP contribution >= 0.6 is 23.1 Å². The van der Waals surface area contributed by atoms with Crippen LogP contribution in [0.5, 0.6) is 5.75 Å². The van der Waals surface area contributed by atoms with Gasteiger partial charge in [0, 0.05) is 29.1 Å². The number of thioether (sulfide) groups is 1. The summed E-state index contributed by atoms with van der Waals surface area (Å²) in [5, 5.41) is 0.873. The summed E-state index contributed by atoms with van der Waals surface area (Å²) in [6, 6.07) is 13.2. The summed E-state index contributed by atoms with van der Waals surface area (Å²) in [6.45, 7) is 2.05. The summed E-state index contributed by atoms with van der Waals surface area (Å²) in [4.78, 5) is 59.7. The number of hydrogen-bond donors (Lipinski definition) is 1. The number of aromatic amines is 1.